The summed E-state index contributed by atoms with van der Waals surface area (Å²) < 4.78 is 11.7. The van der Waals surface area contributed by atoms with E-state index in [1.807, 2.05) is 13.0 Å². The Balaban J connectivity index is 1.77. The molecule has 2 aromatic carbocycles. The van der Waals surface area contributed by atoms with Gasteiger partial charge < -0.3 is 9.47 Å². The Kier molecular flexibility index (Phi) is 7.33. The number of halogens is 1. The third-order valence-electron chi connectivity index (χ3n) is 3.55. The molecule has 10 heteroatoms. The van der Waals surface area contributed by atoms with Crippen LogP contribution in [0, 0.1) is 17.0 Å². The number of nitrogens with zero attached hydrogens (tertiary/aromatic N) is 1. The standard InChI is InChI=1S/C18H18BrN3O6/c1-11-9-13(19)3-8-16(11)27-10-17(23)20-21-18(24)12(2)28-15-6-4-14(5-7-15)22(25)26/h3-9,12H,10H2,1-2H3,(H,20,23)(H,21,24). The van der Waals surface area contributed by atoms with Gasteiger partial charge in [-0.05, 0) is 49.7 Å². The van der Waals surface area contributed by atoms with Crippen molar-refractivity contribution in [2.45, 2.75) is 20.0 Å². The molecule has 0 aromatic heterocycles. The first-order valence-corrected chi connectivity index (χ1v) is 8.94. The maximum Gasteiger partial charge on any atom is 0.279 e. The summed E-state index contributed by atoms with van der Waals surface area (Å²) in [7, 11) is 0. The molecule has 0 aliphatic rings. The Labute approximate surface area is 169 Å². The highest BCUT2D eigenvalue weighted by atomic mass is 79.9. The minimum atomic E-state index is -0.934. The number of aryl methyl sites for hydroxylation is 1. The van der Waals surface area contributed by atoms with Crippen molar-refractivity contribution >= 4 is 33.4 Å². The van der Waals surface area contributed by atoms with Gasteiger partial charge in [0.05, 0.1) is 4.92 Å². The second kappa shape index (κ2) is 9.70. The number of hydrogen-bond donors (Lipinski definition) is 2. The van der Waals surface area contributed by atoms with Gasteiger partial charge in [0.1, 0.15) is 11.5 Å². The quantitative estimate of drug-likeness (QED) is 0.493. The van der Waals surface area contributed by atoms with Gasteiger partial charge in [-0.25, -0.2) is 0 Å². The van der Waals surface area contributed by atoms with Crippen LogP contribution in [0.1, 0.15) is 12.5 Å². The number of rotatable bonds is 7. The third kappa shape index (κ3) is 6.23. The molecule has 2 N–H and O–H groups in total. The molecule has 0 saturated carbocycles. The molecule has 2 amide bonds. The number of non-ortho nitro benzene ring substituents is 1. The fourth-order valence-electron chi connectivity index (χ4n) is 2.09. The summed E-state index contributed by atoms with van der Waals surface area (Å²) in [6.07, 6.45) is -0.934. The summed E-state index contributed by atoms with van der Waals surface area (Å²) in [6.45, 7) is 3.04. The highest BCUT2D eigenvalue weighted by molar-refractivity contribution is 9.10. The zero-order valence-corrected chi connectivity index (χ0v) is 16.7. The molecule has 9 nitrogen and oxygen atoms in total. The van der Waals surface area contributed by atoms with Crippen LogP contribution in [-0.4, -0.2) is 29.4 Å². The maximum atomic E-state index is 12.0. The second-order valence-electron chi connectivity index (χ2n) is 5.75. The van der Waals surface area contributed by atoms with Gasteiger partial charge in [-0.15, -0.1) is 0 Å². The summed E-state index contributed by atoms with van der Waals surface area (Å²) in [5, 5.41) is 10.6. The van der Waals surface area contributed by atoms with Crippen LogP contribution < -0.4 is 20.3 Å². The van der Waals surface area contributed by atoms with Crippen LogP contribution in [0.25, 0.3) is 0 Å². The van der Waals surface area contributed by atoms with E-state index in [9.17, 15) is 19.7 Å². The van der Waals surface area contributed by atoms with Crippen molar-refractivity contribution < 1.29 is 24.0 Å². The normalized spacial score (nSPS) is 11.2. The van der Waals surface area contributed by atoms with E-state index in [0.717, 1.165) is 10.0 Å². The van der Waals surface area contributed by atoms with E-state index in [0.29, 0.717) is 5.75 Å². The fraction of sp³-hybridized carbons (Fsp3) is 0.222. The molecule has 0 radical (unpaired) electrons. The van der Waals surface area contributed by atoms with E-state index >= 15 is 0 Å². The van der Waals surface area contributed by atoms with E-state index < -0.39 is 22.8 Å². The lowest BCUT2D eigenvalue weighted by Crippen LogP contribution is -2.48. The van der Waals surface area contributed by atoms with Gasteiger partial charge in [-0.3, -0.25) is 30.6 Å². The molecule has 0 saturated heterocycles. The minimum Gasteiger partial charge on any atom is -0.483 e. The molecule has 1 unspecified atom stereocenters. The number of nitro groups is 1. The lowest BCUT2D eigenvalue weighted by molar-refractivity contribution is -0.384. The van der Waals surface area contributed by atoms with E-state index in [-0.39, 0.29) is 18.0 Å². The first-order chi connectivity index (χ1) is 13.3. The van der Waals surface area contributed by atoms with Gasteiger partial charge in [0, 0.05) is 16.6 Å². The fourth-order valence-corrected chi connectivity index (χ4v) is 2.57. The molecule has 1 atom stereocenters. The van der Waals surface area contributed by atoms with Crippen molar-refractivity contribution in [2.75, 3.05) is 6.61 Å². The van der Waals surface area contributed by atoms with E-state index in [2.05, 4.69) is 26.8 Å². The average molecular weight is 452 g/mol. The Morgan fingerprint density at radius 2 is 1.86 bits per heavy atom. The monoisotopic (exact) mass is 451 g/mol. The zero-order chi connectivity index (χ0) is 20.7. The van der Waals surface area contributed by atoms with Crippen molar-refractivity contribution in [3.8, 4) is 11.5 Å². The highest BCUT2D eigenvalue weighted by Gasteiger charge is 2.16. The van der Waals surface area contributed by atoms with Crippen LogP contribution in [0.2, 0.25) is 0 Å². The van der Waals surface area contributed by atoms with Gasteiger partial charge in [-0.2, -0.15) is 0 Å². The number of nitro benzene ring substituents is 1. The molecular formula is C18H18BrN3O6. The Morgan fingerprint density at radius 1 is 1.18 bits per heavy atom. The topological polar surface area (TPSA) is 120 Å². The van der Waals surface area contributed by atoms with Crippen molar-refractivity contribution in [3.05, 3.63) is 62.6 Å². The lowest BCUT2D eigenvalue weighted by Gasteiger charge is -2.15. The number of hydrazine groups is 1. The summed E-state index contributed by atoms with van der Waals surface area (Å²) >= 11 is 3.34. The molecule has 0 aliphatic carbocycles. The Bertz CT molecular complexity index is 872. The molecule has 0 spiro atoms. The van der Waals surface area contributed by atoms with E-state index in [1.54, 1.807) is 12.1 Å². The molecule has 2 rings (SSSR count). The Morgan fingerprint density at radius 3 is 2.46 bits per heavy atom. The summed E-state index contributed by atoms with van der Waals surface area (Å²) in [5.41, 5.74) is 5.24. The van der Waals surface area contributed by atoms with Crippen molar-refractivity contribution in [2.24, 2.45) is 0 Å². The molecule has 0 bridgehead atoms. The number of ether oxygens (including phenoxy) is 2. The number of benzene rings is 2. The van der Waals surface area contributed by atoms with Gasteiger partial charge in [-0.1, -0.05) is 15.9 Å². The number of hydrogen-bond acceptors (Lipinski definition) is 6. The molecule has 0 fully saturated rings. The van der Waals surface area contributed by atoms with Crippen LogP contribution in [0.3, 0.4) is 0 Å². The first-order valence-electron chi connectivity index (χ1n) is 8.15. The first kappa shape index (κ1) is 21.2. The maximum absolute atomic E-state index is 12.0. The number of nitrogens with one attached hydrogen (secondary N) is 2. The molecule has 0 heterocycles. The van der Waals surface area contributed by atoms with Crippen molar-refractivity contribution in [3.63, 3.8) is 0 Å². The van der Waals surface area contributed by atoms with Gasteiger partial charge in [0.25, 0.3) is 17.5 Å². The summed E-state index contributed by atoms with van der Waals surface area (Å²) in [4.78, 5) is 33.9. The van der Waals surface area contributed by atoms with Crippen molar-refractivity contribution in [1.29, 1.82) is 0 Å². The van der Waals surface area contributed by atoms with Crippen LogP contribution in [0.4, 0.5) is 5.69 Å². The van der Waals surface area contributed by atoms with Gasteiger partial charge in [0.15, 0.2) is 12.7 Å². The van der Waals surface area contributed by atoms with E-state index in [1.165, 1.54) is 31.2 Å². The van der Waals surface area contributed by atoms with Crippen LogP contribution in [-0.2, 0) is 9.59 Å². The number of carbonyl (C=O) groups is 2. The van der Waals surface area contributed by atoms with Gasteiger partial charge in [0.2, 0.25) is 0 Å². The highest BCUT2D eigenvalue weighted by Crippen LogP contribution is 2.22. The predicted molar refractivity (Wildman–Crippen MR) is 104 cm³/mol. The lowest BCUT2D eigenvalue weighted by atomic mass is 10.2. The van der Waals surface area contributed by atoms with Crippen LogP contribution in [0.15, 0.2) is 46.9 Å². The molecule has 0 aliphatic heterocycles. The third-order valence-corrected chi connectivity index (χ3v) is 4.04. The van der Waals surface area contributed by atoms with Crippen LogP contribution >= 0.6 is 15.9 Å². The number of carbonyl (C=O) groups excluding carboxylic acids is 2. The second-order valence-corrected chi connectivity index (χ2v) is 6.66. The summed E-state index contributed by atoms with van der Waals surface area (Å²) in [5.74, 6) is -0.294. The van der Waals surface area contributed by atoms with E-state index in [4.69, 9.17) is 9.47 Å². The van der Waals surface area contributed by atoms with Crippen molar-refractivity contribution in [1.82, 2.24) is 10.9 Å². The van der Waals surface area contributed by atoms with Gasteiger partial charge >= 0.3 is 0 Å². The smallest absolute Gasteiger partial charge is 0.279 e. The molecule has 148 valence electrons. The zero-order valence-electron chi connectivity index (χ0n) is 15.1. The Hall–Kier alpha value is -3.14. The molecule has 28 heavy (non-hydrogen) atoms. The summed E-state index contributed by atoms with van der Waals surface area (Å²) in [6, 6.07) is 10.7. The molecule has 2 aromatic rings. The largest absolute Gasteiger partial charge is 0.483 e. The average Bonchev–Trinajstić information content (AvgIpc) is 2.65. The predicted octanol–water partition coefficient (Wildman–Crippen LogP) is 2.66. The minimum absolute atomic E-state index is 0.0854. The van der Waals surface area contributed by atoms with Crippen LogP contribution in [0.5, 0.6) is 11.5 Å². The molecular weight excluding hydrogens is 434 g/mol. The number of amides is 2. The SMILES string of the molecule is Cc1cc(Br)ccc1OCC(=O)NNC(=O)C(C)Oc1ccc([N+](=O)[O-])cc1.